The molecule has 0 radical (unpaired) electrons. The van der Waals surface area contributed by atoms with E-state index in [2.05, 4.69) is 5.04 Å². The van der Waals surface area contributed by atoms with Crippen molar-refractivity contribution in [1.29, 1.82) is 0 Å². The van der Waals surface area contributed by atoms with E-state index in [1.807, 2.05) is 84.6 Å². The minimum atomic E-state index is -3.57. The molecule has 0 aliphatic rings. The zero-order valence-electron chi connectivity index (χ0n) is 29.2. The molecule has 6 rings (SSSR count). The summed E-state index contributed by atoms with van der Waals surface area (Å²) in [5, 5.41) is 14.5. The Morgan fingerprint density at radius 3 is 1.42 bits per heavy atom. The summed E-state index contributed by atoms with van der Waals surface area (Å²) in [4.78, 5) is 4.95. The van der Waals surface area contributed by atoms with Gasteiger partial charge in [0, 0.05) is 64.1 Å². The first kappa shape index (κ1) is 37.2. The predicted octanol–water partition coefficient (Wildman–Crippen LogP) is 8.00. The van der Waals surface area contributed by atoms with E-state index in [9.17, 15) is 16.8 Å². The Labute approximate surface area is 307 Å². The van der Waals surface area contributed by atoms with Crippen molar-refractivity contribution in [3.63, 3.8) is 0 Å². The second kappa shape index (κ2) is 14.8. The quantitative estimate of drug-likeness (QED) is 0.0428. The molecule has 5 aromatic carbocycles. The zero-order chi connectivity index (χ0) is 37.4. The lowest BCUT2D eigenvalue weighted by molar-refractivity contribution is -0.432. The number of hydrogen-bond acceptors (Lipinski definition) is 10. The molecule has 0 spiro atoms. The van der Waals surface area contributed by atoms with E-state index in [0.717, 1.165) is 56.7 Å². The maximum atomic E-state index is 12.6. The summed E-state index contributed by atoms with van der Waals surface area (Å²) < 4.78 is 64.4. The summed E-state index contributed by atoms with van der Waals surface area (Å²) in [5.41, 5.74) is 5.97. The number of fused-ring (bicyclic) bond motifs is 2. The first-order valence-electron chi connectivity index (χ1n) is 15.8. The molecule has 15 heteroatoms. The Morgan fingerprint density at radius 1 is 0.577 bits per heavy atom. The molecule has 12 nitrogen and oxygen atoms in total. The van der Waals surface area contributed by atoms with Crippen LogP contribution in [-0.2, 0) is 29.4 Å². The van der Waals surface area contributed by atoms with Crippen LogP contribution in [0.4, 0.5) is 22.7 Å². The van der Waals surface area contributed by atoms with Crippen LogP contribution in [0.1, 0.15) is 0 Å². The van der Waals surface area contributed by atoms with Crippen LogP contribution in [0.5, 0.6) is 0 Å². The normalized spacial score (nSPS) is 12.2. The molecule has 0 aliphatic carbocycles. The van der Waals surface area contributed by atoms with E-state index < -0.39 is 20.0 Å². The van der Waals surface area contributed by atoms with Crippen molar-refractivity contribution in [2.75, 3.05) is 52.1 Å². The monoisotopic (exact) mass is 761 g/mol. The third-order valence-electron chi connectivity index (χ3n) is 8.78. The van der Waals surface area contributed by atoms with Crippen LogP contribution in [-0.4, -0.2) is 73.0 Å². The molecular weight excluding hydrogens is 725 g/mol. The van der Waals surface area contributed by atoms with Gasteiger partial charge in [0.1, 0.15) is 0 Å². The highest BCUT2D eigenvalue weighted by molar-refractivity contribution is 7.94. The zero-order valence-corrected chi connectivity index (χ0v) is 31.7. The van der Waals surface area contributed by atoms with Crippen LogP contribution in [0.3, 0.4) is 0 Å². The van der Waals surface area contributed by atoms with Gasteiger partial charge < -0.3 is 9.80 Å². The topological polar surface area (TPSA) is 131 Å². The summed E-state index contributed by atoms with van der Waals surface area (Å²) in [6.07, 6.45) is 0. The molecule has 0 bridgehead atoms. The number of benzene rings is 5. The van der Waals surface area contributed by atoms with Crippen molar-refractivity contribution in [2.24, 2.45) is 0 Å². The maximum Gasteiger partial charge on any atom is 0.363 e. The van der Waals surface area contributed by atoms with Crippen molar-refractivity contribution >= 4 is 76.8 Å². The summed E-state index contributed by atoms with van der Waals surface area (Å²) in [6.45, 7) is 0. The second-order valence-electron chi connectivity index (χ2n) is 12.2. The highest BCUT2D eigenvalue weighted by Gasteiger charge is 2.25. The lowest BCUT2D eigenvalue weighted by Crippen LogP contribution is -2.22. The fourth-order valence-electron chi connectivity index (χ4n) is 5.78. The standard InChI is InChI=1S/C37H36N4O8S3/c1-38(2)51(43,44)29-17-11-25(12-18-29)40(5)27-15-21-31-34(23-27)47-35-24-28(41(6)26-13-19-30(20-14-26)52(45,46)39(3)4)16-22-32(35)37(31)33-9-7-8-10-36(33)50-49-48-42/h7-24H,1-6H3/p+1. The van der Waals surface area contributed by atoms with Gasteiger partial charge in [-0.2, -0.15) is 0 Å². The highest BCUT2D eigenvalue weighted by Crippen LogP contribution is 2.43. The van der Waals surface area contributed by atoms with Gasteiger partial charge in [0.25, 0.3) is 0 Å². The van der Waals surface area contributed by atoms with Gasteiger partial charge >= 0.3 is 11.2 Å². The number of sulfonamides is 2. The van der Waals surface area contributed by atoms with Crippen LogP contribution in [0, 0.1) is 0 Å². The molecule has 1 heterocycles. The average Bonchev–Trinajstić information content (AvgIpc) is 3.15. The van der Waals surface area contributed by atoms with Crippen molar-refractivity contribution in [3.05, 3.63) is 109 Å². The predicted molar refractivity (Wildman–Crippen MR) is 205 cm³/mol. The second-order valence-corrected chi connectivity index (χ2v) is 17.3. The Morgan fingerprint density at radius 2 is 1.00 bits per heavy atom. The number of rotatable bonds is 12. The lowest BCUT2D eigenvalue weighted by atomic mass is 9.96. The number of hydrogen-bond donors (Lipinski definition) is 1. The molecule has 1 aromatic heterocycles. The van der Waals surface area contributed by atoms with Gasteiger partial charge in [0.15, 0.2) is 0 Å². The van der Waals surface area contributed by atoms with Crippen molar-refractivity contribution < 1.29 is 35.9 Å². The van der Waals surface area contributed by atoms with E-state index in [0.29, 0.717) is 16.1 Å². The lowest BCUT2D eigenvalue weighted by Gasteiger charge is -2.21. The Bertz CT molecular complexity index is 2330. The van der Waals surface area contributed by atoms with E-state index in [-0.39, 0.29) is 9.79 Å². The smallest absolute Gasteiger partial charge is 0.344 e. The van der Waals surface area contributed by atoms with Gasteiger partial charge in [-0.1, -0.05) is 23.2 Å². The molecular formula is C37H37N4O8S3+. The minimum Gasteiger partial charge on any atom is -0.344 e. The van der Waals surface area contributed by atoms with E-state index in [4.69, 9.17) is 14.0 Å². The highest BCUT2D eigenvalue weighted by atomic mass is 32.2. The Hall–Kier alpha value is -4.58. The summed E-state index contributed by atoms with van der Waals surface area (Å²) in [6, 6.07) is 32.6. The fourth-order valence-corrected chi connectivity index (χ4v) is 8.08. The van der Waals surface area contributed by atoms with Crippen LogP contribution in [0.2, 0.25) is 0 Å². The van der Waals surface area contributed by atoms with E-state index in [1.54, 1.807) is 48.5 Å². The van der Waals surface area contributed by atoms with Crippen molar-refractivity contribution in [1.82, 2.24) is 8.61 Å². The van der Waals surface area contributed by atoms with Gasteiger partial charge in [-0.15, -0.1) is 4.33 Å². The number of nitrogens with zero attached hydrogens (tertiary/aromatic N) is 4. The van der Waals surface area contributed by atoms with Crippen molar-refractivity contribution in [2.45, 2.75) is 14.7 Å². The van der Waals surface area contributed by atoms with Crippen LogP contribution in [0.25, 0.3) is 33.1 Å². The molecule has 6 aromatic rings. The molecule has 0 saturated carbocycles. The van der Waals surface area contributed by atoms with Crippen LogP contribution in [0.15, 0.2) is 128 Å². The fraction of sp³-hybridized carbons (Fsp3) is 0.162. The first-order valence-corrected chi connectivity index (χ1v) is 19.5. The molecule has 1 N–H and O–H groups in total. The van der Waals surface area contributed by atoms with E-state index >= 15 is 0 Å². The molecule has 0 amide bonds. The van der Waals surface area contributed by atoms with Crippen molar-refractivity contribution in [3.8, 4) is 11.1 Å². The average molecular weight is 762 g/mol. The summed E-state index contributed by atoms with van der Waals surface area (Å²) in [5.74, 6) is 0. The van der Waals surface area contributed by atoms with Crippen LogP contribution >= 0.6 is 12.0 Å². The largest absolute Gasteiger partial charge is 0.363 e. The summed E-state index contributed by atoms with van der Waals surface area (Å²) >= 11 is 0.868. The van der Waals surface area contributed by atoms with Gasteiger partial charge in [-0.25, -0.2) is 35.1 Å². The molecule has 0 atom stereocenters. The maximum absolute atomic E-state index is 12.6. The van der Waals surface area contributed by atoms with E-state index in [1.165, 1.54) is 36.8 Å². The molecule has 0 unspecified atom stereocenters. The Kier molecular flexibility index (Phi) is 10.6. The summed E-state index contributed by atoms with van der Waals surface area (Å²) in [7, 11) is 2.61. The van der Waals surface area contributed by atoms with Gasteiger partial charge in [0.2, 0.25) is 20.0 Å². The SMILES string of the molecule is CN(c1ccc(S(=O)(=O)N(C)C)cc1)c1ccc2c(-c3ccccc3SOOO)c3ccc(N(C)c4ccc(S(=O)(=O)N(C)C)cc4)cc3[o+]c2c1. The van der Waals surface area contributed by atoms with Gasteiger partial charge in [0.05, 0.1) is 56.1 Å². The van der Waals surface area contributed by atoms with Crippen LogP contribution < -0.4 is 9.80 Å². The van der Waals surface area contributed by atoms with Gasteiger partial charge in [-0.05, 0) is 84.4 Å². The van der Waals surface area contributed by atoms with Gasteiger partial charge in [-0.3, -0.25) is 0 Å². The molecule has 270 valence electrons. The molecule has 52 heavy (non-hydrogen) atoms. The molecule has 0 saturated heterocycles. The third-order valence-corrected chi connectivity index (χ3v) is 13.1. The molecule has 0 aliphatic heterocycles. The minimum absolute atomic E-state index is 0.196. The number of anilines is 4. The molecule has 0 fully saturated rings. The third kappa shape index (κ3) is 7.09. The first-order chi connectivity index (χ1) is 24.7. The Balaban J connectivity index is 1.47.